The SMILES string of the molecule is CI.Cn1n[n+]2cc1CCCC[n+]1ccc(cc1)-c1cc[n+](cc1)CCCCc1c[n+](nn1C)CC[n+]1ccc(cc1)-c1cc[n+](cc1)CC2.c1c[n+]2ccc1-c1cc[n+](cc1)CCCCc1cn(nn1)CC[n+]1ccc(cc1)-c1cc[n+](cc1)CCn1cc(nn1)CCCC2. The van der Waals surface area contributed by atoms with Gasteiger partial charge in [0.15, 0.2) is 162 Å². The average Bonchev–Trinajstić information content (AvgIpc) is 2.06. The lowest BCUT2D eigenvalue weighted by atomic mass is 10.1. The van der Waals surface area contributed by atoms with E-state index in [1.807, 2.05) is 23.7 Å². The molecule has 0 aromatic carbocycles. The van der Waals surface area contributed by atoms with Gasteiger partial charge in [0, 0.05) is 148 Å². The number of halogens is 1. The van der Waals surface area contributed by atoms with E-state index in [9.17, 15) is 0 Å². The summed E-state index contributed by atoms with van der Waals surface area (Å²) in [6, 6.07) is 35.3. The van der Waals surface area contributed by atoms with Gasteiger partial charge >= 0.3 is 0 Å². The van der Waals surface area contributed by atoms with Crippen LogP contribution < -0.4 is 45.9 Å². The second kappa shape index (κ2) is 33.7. The third kappa shape index (κ3) is 18.9. The number of rotatable bonds is 0. The number of aromatic nitrogens is 20. The number of alkyl halides is 1. The molecule has 17 aliphatic heterocycles. The smallest absolute Gasteiger partial charge is 0.187 e. The van der Waals surface area contributed by atoms with Crippen molar-refractivity contribution in [3.63, 3.8) is 0 Å². The van der Waals surface area contributed by atoms with Crippen LogP contribution in [0.1, 0.15) is 74.1 Å². The Labute approximate surface area is 577 Å². The van der Waals surface area contributed by atoms with Crippen LogP contribution in [0.3, 0.4) is 0 Å². The molecule has 12 aromatic heterocycles. The maximum Gasteiger partial charge on any atom is 0.187 e. The molecule has 0 N–H and O–H groups in total. The Balaban J connectivity index is 0.000000179. The summed E-state index contributed by atoms with van der Waals surface area (Å²) in [6.07, 6.45) is 56.3. The Morgan fingerprint density at radius 3 is 0.802 bits per heavy atom. The summed E-state index contributed by atoms with van der Waals surface area (Å²) in [4.78, 5) is 1.97. The predicted molar refractivity (Wildman–Crippen MR) is 368 cm³/mol. The summed E-state index contributed by atoms with van der Waals surface area (Å²) in [5.41, 5.74) is 14.5. The first-order chi connectivity index (χ1) is 47.3. The fourth-order valence-corrected chi connectivity index (χ4v) is 12.5. The van der Waals surface area contributed by atoms with Crippen molar-refractivity contribution in [2.24, 2.45) is 14.1 Å². The molecule has 490 valence electrons. The van der Waals surface area contributed by atoms with Gasteiger partial charge in [-0.3, -0.25) is 0 Å². The van der Waals surface area contributed by atoms with Gasteiger partial charge in [-0.05, 0) is 88.0 Å². The molecule has 96 heavy (non-hydrogen) atoms. The van der Waals surface area contributed by atoms with Crippen molar-refractivity contribution in [2.75, 3.05) is 4.93 Å². The Morgan fingerprint density at radius 1 is 0.292 bits per heavy atom. The first-order valence-electron chi connectivity index (χ1n) is 34.2. The summed E-state index contributed by atoms with van der Waals surface area (Å²) < 4.78 is 30.1. The van der Waals surface area contributed by atoms with Crippen LogP contribution in [0.4, 0.5) is 0 Å². The summed E-state index contributed by atoms with van der Waals surface area (Å²) in [5.74, 6) is 0. The lowest BCUT2D eigenvalue weighted by Gasteiger charge is -2.03. The quantitative estimate of drug-likeness (QED) is 0.102. The van der Waals surface area contributed by atoms with Crippen LogP contribution in [0.5, 0.6) is 0 Å². The fraction of sp³-hybridized carbons (Fsp3) is 0.360. The summed E-state index contributed by atoms with van der Waals surface area (Å²) in [5, 5.41) is 27.0. The number of aryl methyl sites for hydroxylation is 18. The van der Waals surface area contributed by atoms with Gasteiger partial charge in [0.2, 0.25) is 0 Å². The number of pyridine rings is 8. The van der Waals surface area contributed by atoms with E-state index in [4.69, 9.17) is 10.4 Å². The highest BCUT2D eigenvalue weighted by atomic mass is 127. The zero-order valence-electron chi connectivity index (χ0n) is 56.1. The van der Waals surface area contributed by atoms with Crippen molar-refractivity contribution < 1.29 is 45.9 Å². The van der Waals surface area contributed by atoms with Gasteiger partial charge in [0.25, 0.3) is 0 Å². The van der Waals surface area contributed by atoms with Crippen LogP contribution in [0.2, 0.25) is 0 Å². The molecule has 0 atom stereocenters. The van der Waals surface area contributed by atoms with Crippen LogP contribution in [0, 0.1) is 0 Å². The topological polar surface area (TPSA) is 136 Å². The van der Waals surface area contributed by atoms with Gasteiger partial charge in [-0.1, -0.05) is 33.0 Å². The molecule has 0 saturated carbocycles. The van der Waals surface area contributed by atoms with Crippen molar-refractivity contribution in [3.05, 3.63) is 244 Å². The van der Waals surface area contributed by atoms with Crippen LogP contribution in [-0.4, -0.2) is 54.7 Å². The molecule has 24 bridgehead atoms. The van der Waals surface area contributed by atoms with E-state index in [1.54, 1.807) is 0 Å². The zero-order valence-corrected chi connectivity index (χ0v) is 58.2. The van der Waals surface area contributed by atoms with E-state index in [0.717, 1.165) is 167 Å². The Bertz CT molecular complexity index is 4030. The third-order valence-corrected chi connectivity index (χ3v) is 18.3. The van der Waals surface area contributed by atoms with Crippen molar-refractivity contribution in [1.82, 2.24) is 49.8 Å². The minimum Gasteiger partial charge on any atom is -0.246 e. The maximum atomic E-state index is 4.74. The summed E-state index contributed by atoms with van der Waals surface area (Å²) in [7, 11) is 4.11. The lowest BCUT2D eigenvalue weighted by molar-refractivity contribution is -0.809. The van der Waals surface area contributed by atoms with Gasteiger partial charge in [-0.2, -0.15) is 0 Å². The highest BCUT2D eigenvalue weighted by Gasteiger charge is 2.19. The van der Waals surface area contributed by atoms with Crippen molar-refractivity contribution in [2.45, 2.75) is 156 Å². The molecule has 0 amide bonds. The molecule has 21 heteroatoms. The second-order valence-electron chi connectivity index (χ2n) is 25.2. The molecule has 0 unspecified atom stereocenters. The molecular weight excluding hydrogens is 1310 g/mol. The van der Waals surface area contributed by atoms with E-state index >= 15 is 0 Å². The molecule has 0 spiro atoms. The van der Waals surface area contributed by atoms with E-state index < -0.39 is 0 Å². The van der Waals surface area contributed by atoms with E-state index in [-0.39, 0.29) is 0 Å². The van der Waals surface area contributed by atoms with E-state index in [0.29, 0.717) is 0 Å². The number of hydrogen-bond donors (Lipinski definition) is 0. The predicted octanol–water partition coefficient (Wildman–Crippen LogP) is 6.14. The molecule has 12 aromatic rings. The third-order valence-electron chi connectivity index (χ3n) is 18.3. The average molecular weight is 1400 g/mol. The standard InChI is InChI=1S/C38H48N10.C36H42N10.CH3I/c1-41-37-7-3-5-17-43-19-9-33(10-20-43)34-11-21-44(22-12-34)18-6-4-8-38-32-48(40-42(38)2)30-28-46-25-15-36(16-26-46)35-13-23-45(24-14-35)27-29-47(31-37)39-41;1-3-15-41-17-7-31(8-18-41)32-9-19-42(20-10-32)16-4-2-6-36-30-46(40-38-36)28-26-44-23-13-34(14-24-44)33-11-21-43(22-12-33)25-27-45-29-35(5-1)37-39-45;1-2/h9-16,19-26,31-32H,3-8,17-18,27-30H2,1-2H3;7-14,17-24,29-30H,1-6,15-16,25-28H2;1H3/q+6;+4;. The van der Waals surface area contributed by atoms with Crippen LogP contribution in [0.15, 0.2) is 221 Å². The first kappa shape index (κ1) is 66.5. The first-order valence-corrected chi connectivity index (χ1v) is 36.4. The molecule has 0 radical (unpaired) electrons. The van der Waals surface area contributed by atoms with Gasteiger partial charge in [0.1, 0.15) is 53.4 Å². The summed E-state index contributed by atoms with van der Waals surface area (Å²) in [6.45, 7) is 10.7. The Morgan fingerprint density at radius 2 is 0.531 bits per heavy atom. The van der Waals surface area contributed by atoms with Crippen LogP contribution in [-0.2, 0) is 118 Å². The van der Waals surface area contributed by atoms with Crippen LogP contribution >= 0.6 is 22.6 Å². The molecule has 0 saturated heterocycles. The zero-order chi connectivity index (χ0) is 65.7. The van der Waals surface area contributed by atoms with Gasteiger partial charge in [0.05, 0.1) is 21.8 Å². The molecule has 29 rings (SSSR count). The van der Waals surface area contributed by atoms with Crippen molar-refractivity contribution in [1.29, 1.82) is 0 Å². The molecular formula is C75H93IN20+10. The molecule has 29 heterocycles. The molecule has 0 fully saturated rings. The Hall–Kier alpha value is -9.51. The monoisotopic (exact) mass is 1400 g/mol. The number of hydrogen-bond acceptors (Lipinski definition) is 6. The fourth-order valence-electron chi connectivity index (χ4n) is 12.5. The highest BCUT2D eigenvalue weighted by molar-refractivity contribution is 14.1. The lowest BCUT2D eigenvalue weighted by Crippen LogP contribution is -2.45. The highest BCUT2D eigenvalue weighted by Crippen LogP contribution is 2.20. The minimum atomic E-state index is 0.791. The van der Waals surface area contributed by atoms with Gasteiger partial charge in [-0.25, -0.2) is 45.9 Å². The van der Waals surface area contributed by atoms with E-state index in [1.165, 1.54) is 55.9 Å². The van der Waals surface area contributed by atoms with Gasteiger partial charge < -0.3 is 0 Å². The number of nitrogens with zero attached hydrogens (tertiary/aromatic N) is 20. The summed E-state index contributed by atoms with van der Waals surface area (Å²) >= 11 is 2.15. The van der Waals surface area contributed by atoms with Crippen molar-refractivity contribution >= 4 is 22.6 Å². The molecule has 17 aliphatic rings. The van der Waals surface area contributed by atoms with E-state index in [2.05, 4.69) is 324 Å². The van der Waals surface area contributed by atoms with Gasteiger partial charge in [-0.15, -0.1) is 28.9 Å². The minimum absolute atomic E-state index is 0.791. The molecule has 20 nitrogen and oxygen atoms in total. The molecule has 0 aliphatic carbocycles. The van der Waals surface area contributed by atoms with Crippen molar-refractivity contribution in [3.8, 4) is 44.5 Å². The Kier molecular flexibility index (Phi) is 23.4. The largest absolute Gasteiger partial charge is 0.246 e. The second-order valence-corrected chi connectivity index (χ2v) is 25.2. The maximum absolute atomic E-state index is 4.74. The van der Waals surface area contributed by atoms with Crippen LogP contribution in [0.25, 0.3) is 44.5 Å². The normalized spacial score (nSPS) is 14.5.